The lowest BCUT2D eigenvalue weighted by Crippen LogP contribution is -2.03. The highest BCUT2D eigenvalue weighted by Crippen LogP contribution is 2.24. The van der Waals surface area contributed by atoms with Gasteiger partial charge in [-0.2, -0.15) is 10.4 Å². The van der Waals surface area contributed by atoms with Crippen LogP contribution in [0.25, 0.3) is 5.65 Å². The monoisotopic (exact) mass is 282 g/mol. The second-order valence-electron chi connectivity index (χ2n) is 4.53. The Labute approximate surface area is 121 Å². The Hall–Kier alpha value is -2.38. The van der Waals surface area contributed by atoms with Gasteiger partial charge in [0.25, 0.3) is 0 Å². The third kappa shape index (κ3) is 2.02. The van der Waals surface area contributed by atoms with E-state index in [2.05, 4.69) is 16.2 Å². The molecule has 0 bridgehead atoms. The van der Waals surface area contributed by atoms with E-state index in [4.69, 9.17) is 16.9 Å². The predicted molar refractivity (Wildman–Crippen MR) is 76.7 cm³/mol. The van der Waals surface area contributed by atoms with Crippen molar-refractivity contribution in [2.45, 2.75) is 13.3 Å². The summed E-state index contributed by atoms with van der Waals surface area (Å²) in [4.78, 5) is 4.46. The summed E-state index contributed by atoms with van der Waals surface area (Å²) in [6.45, 7) is 1.90. The Morgan fingerprint density at radius 1 is 1.30 bits per heavy atom. The minimum Gasteiger partial charge on any atom is -0.232 e. The van der Waals surface area contributed by atoms with Gasteiger partial charge in [-0.25, -0.2) is 9.50 Å². The standard InChI is InChI=1S/C15H11ClN4/c1-10-13(7-11-5-3-2-4-6-11)14(16)20-15(19-10)12(8-17)9-18-20/h2-6,9H,7H2,1H3. The van der Waals surface area contributed by atoms with E-state index >= 15 is 0 Å². The van der Waals surface area contributed by atoms with Crippen molar-refractivity contribution in [2.75, 3.05) is 0 Å². The molecule has 5 heteroatoms. The fourth-order valence-corrected chi connectivity index (χ4v) is 2.50. The van der Waals surface area contributed by atoms with E-state index in [-0.39, 0.29) is 0 Å². The summed E-state index contributed by atoms with van der Waals surface area (Å²) >= 11 is 6.42. The molecule has 0 aliphatic heterocycles. The van der Waals surface area contributed by atoms with Crippen LogP contribution >= 0.6 is 11.6 Å². The number of halogens is 1. The minimum absolute atomic E-state index is 0.432. The summed E-state index contributed by atoms with van der Waals surface area (Å²) in [6.07, 6.45) is 2.18. The maximum absolute atomic E-state index is 9.02. The zero-order chi connectivity index (χ0) is 14.1. The molecule has 0 aliphatic carbocycles. The van der Waals surface area contributed by atoms with Gasteiger partial charge in [0.15, 0.2) is 5.65 Å². The normalized spacial score (nSPS) is 10.7. The molecular formula is C15H11ClN4. The molecule has 1 aromatic carbocycles. The average Bonchev–Trinajstić information content (AvgIpc) is 2.87. The molecule has 0 amide bonds. The fraction of sp³-hybridized carbons (Fsp3) is 0.133. The van der Waals surface area contributed by atoms with Gasteiger partial charge in [-0.3, -0.25) is 0 Å². The highest BCUT2D eigenvalue weighted by molar-refractivity contribution is 6.30. The largest absolute Gasteiger partial charge is 0.232 e. The molecule has 0 radical (unpaired) electrons. The van der Waals surface area contributed by atoms with Crippen LogP contribution in [0, 0.1) is 18.3 Å². The number of benzene rings is 1. The first-order valence-electron chi connectivity index (χ1n) is 6.17. The van der Waals surface area contributed by atoms with Gasteiger partial charge in [0, 0.05) is 17.7 Å². The van der Waals surface area contributed by atoms with Gasteiger partial charge in [-0.05, 0) is 12.5 Å². The third-order valence-electron chi connectivity index (χ3n) is 3.23. The Morgan fingerprint density at radius 2 is 2.05 bits per heavy atom. The lowest BCUT2D eigenvalue weighted by atomic mass is 10.1. The van der Waals surface area contributed by atoms with Crippen LogP contribution in [-0.2, 0) is 6.42 Å². The van der Waals surface area contributed by atoms with E-state index in [1.807, 2.05) is 37.3 Å². The molecule has 0 fully saturated rings. The van der Waals surface area contributed by atoms with Crippen molar-refractivity contribution in [1.29, 1.82) is 5.26 Å². The number of aryl methyl sites for hydroxylation is 1. The molecule has 0 atom stereocenters. The summed E-state index contributed by atoms with van der Waals surface area (Å²) in [5.41, 5.74) is 3.85. The lowest BCUT2D eigenvalue weighted by molar-refractivity contribution is 0.902. The molecule has 0 saturated heterocycles. The summed E-state index contributed by atoms with van der Waals surface area (Å²) in [5, 5.41) is 13.7. The van der Waals surface area contributed by atoms with Crippen molar-refractivity contribution in [3.05, 3.63) is 64.1 Å². The van der Waals surface area contributed by atoms with Crippen LogP contribution in [0.3, 0.4) is 0 Å². The molecule has 0 saturated carbocycles. The van der Waals surface area contributed by atoms with Crippen molar-refractivity contribution >= 4 is 17.2 Å². The number of nitriles is 1. The zero-order valence-electron chi connectivity index (χ0n) is 10.8. The summed E-state index contributed by atoms with van der Waals surface area (Å²) in [6, 6.07) is 12.1. The van der Waals surface area contributed by atoms with Crippen LogP contribution in [0.1, 0.15) is 22.4 Å². The lowest BCUT2D eigenvalue weighted by Gasteiger charge is -2.09. The van der Waals surface area contributed by atoms with E-state index in [9.17, 15) is 0 Å². The SMILES string of the molecule is Cc1nc2c(C#N)cnn2c(Cl)c1Cc1ccccc1. The van der Waals surface area contributed by atoms with E-state index < -0.39 is 0 Å². The quantitative estimate of drug-likeness (QED) is 0.679. The smallest absolute Gasteiger partial charge is 0.174 e. The number of fused-ring (bicyclic) bond motifs is 1. The Balaban J connectivity index is 2.15. The molecule has 2 aromatic heterocycles. The van der Waals surface area contributed by atoms with Crippen molar-refractivity contribution in [2.24, 2.45) is 0 Å². The second-order valence-corrected chi connectivity index (χ2v) is 4.89. The first-order valence-corrected chi connectivity index (χ1v) is 6.55. The molecule has 3 rings (SSSR count). The molecule has 0 spiro atoms. The predicted octanol–water partition coefficient (Wildman–Crippen LogP) is 3.15. The van der Waals surface area contributed by atoms with E-state index in [1.165, 1.54) is 10.7 Å². The molecule has 0 aliphatic rings. The number of nitrogens with zero attached hydrogens (tertiary/aromatic N) is 4. The first kappa shape index (κ1) is 12.6. The van der Waals surface area contributed by atoms with Gasteiger partial charge in [-0.1, -0.05) is 41.9 Å². The molecule has 0 N–H and O–H groups in total. The van der Waals surface area contributed by atoms with Crippen LogP contribution in [0.15, 0.2) is 36.5 Å². The van der Waals surface area contributed by atoms with Gasteiger partial charge in [0.05, 0.1) is 6.20 Å². The highest BCUT2D eigenvalue weighted by atomic mass is 35.5. The molecule has 3 aromatic rings. The molecule has 98 valence electrons. The maximum atomic E-state index is 9.02. The molecule has 2 heterocycles. The van der Waals surface area contributed by atoms with Gasteiger partial charge >= 0.3 is 0 Å². The second kappa shape index (κ2) is 4.95. The van der Waals surface area contributed by atoms with Crippen LogP contribution in [-0.4, -0.2) is 14.6 Å². The number of rotatable bonds is 2. The topological polar surface area (TPSA) is 54.0 Å². The molecular weight excluding hydrogens is 272 g/mol. The van der Waals surface area contributed by atoms with Gasteiger partial charge < -0.3 is 0 Å². The van der Waals surface area contributed by atoms with Gasteiger partial charge in [-0.15, -0.1) is 0 Å². The summed E-state index contributed by atoms with van der Waals surface area (Å²) in [5.74, 6) is 0. The van der Waals surface area contributed by atoms with Crippen molar-refractivity contribution in [3.8, 4) is 6.07 Å². The highest BCUT2D eigenvalue weighted by Gasteiger charge is 2.15. The Morgan fingerprint density at radius 3 is 2.75 bits per heavy atom. The number of aromatic nitrogens is 3. The van der Waals surface area contributed by atoms with Crippen molar-refractivity contribution < 1.29 is 0 Å². The summed E-state index contributed by atoms with van der Waals surface area (Å²) < 4.78 is 1.52. The fourth-order valence-electron chi connectivity index (χ4n) is 2.18. The van der Waals surface area contributed by atoms with Gasteiger partial charge in [0.1, 0.15) is 16.8 Å². The minimum atomic E-state index is 0.432. The van der Waals surface area contributed by atoms with Gasteiger partial charge in [0.2, 0.25) is 0 Å². The van der Waals surface area contributed by atoms with E-state index in [1.54, 1.807) is 0 Å². The van der Waals surface area contributed by atoms with Crippen LogP contribution in [0.4, 0.5) is 0 Å². The van der Waals surface area contributed by atoms with E-state index in [0.29, 0.717) is 22.8 Å². The van der Waals surface area contributed by atoms with Crippen LogP contribution in [0.5, 0.6) is 0 Å². The third-order valence-corrected chi connectivity index (χ3v) is 3.62. The average molecular weight is 283 g/mol. The molecule has 20 heavy (non-hydrogen) atoms. The van der Waals surface area contributed by atoms with Crippen LogP contribution in [0.2, 0.25) is 5.15 Å². The Bertz CT molecular complexity index is 815. The summed E-state index contributed by atoms with van der Waals surface area (Å²) in [7, 11) is 0. The molecule has 4 nitrogen and oxygen atoms in total. The van der Waals surface area contributed by atoms with Crippen molar-refractivity contribution in [1.82, 2.24) is 14.6 Å². The number of hydrogen-bond acceptors (Lipinski definition) is 3. The zero-order valence-corrected chi connectivity index (χ0v) is 11.6. The van der Waals surface area contributed by atoms with Crippen molar-refractivity contribution in [3.63, 3.8) is 0 Å². The Kier molecular flexibility index (Phi) is 3.13. The number of hydrogen-bond donors (Lipinski definition) is 0. The van der Waals surface area contributed by atoms with Crippen LogP contribution < -0.4 is 0 Å². The van der Waals surface area contributed by atoms with E-state index in [0.717, 1.165) is 16.8 Å². The maximum Gasteiger partial charge on any atom is 0.174 e. The molecule has 0 unspecified atom stereocenters. The first-order chi connectivity index (χ1) is 9.70.